The van der Waals surface area contributed by atoms with E-state index in [1.807, 2.05) is 37.3 Å². The number of ether oxygens (including phenoxy) is 1. The van der Waals surface area contributed by atoms with E-state index in [9.17, 15) is 9.18 Å². The number of rotatable bonds is 5. The second kappa shape index (κ2) is 7.75. The summed E-state index contributed by atoms with van der Waals surface area (Å²) < 4.78 is 18.8. The average Bonchev–Trinajstić information content (AvgIpc) is 3.59. The first-order valence-electron chi connectivity index (χ1n) is 10.6. The number of aryl methyl sites for hydroxylation is 1. The van der Waals surface area contributed by atoms with Gasteiger partial charge in [0, 0.05) is 17.1 Å². The molecule has 32 heavy (non-hydrogen) atoms. The van der Waals surface area contributed by atoms with Crippen molar-refractivity contribution in [2.75, 3.05) is 7.11 Å². The van der Waals surface area contributed by atoms with Crippen LogP contribution in [0.25, 0.3) is 22.0 Å². The van der Waals surface area contributed by atoms with Gasteiger partial charge in [-0.15, -0.1) is 0 Å². The number of methoxy groups -OCH3 is 1. The molecule has 1 N–H and O–H groups in total. The van der Waals surface area contributed by atoms with Crippen LogP contribution >= 0.6 is 0 Å². The molecule has 160 valence electrons. The highest BCUT2D eigenvalue weighted by molar-refractivity contribution is 5.98. The molecule has 0 aliphatic heterocycles. The fraction of sp³-hybridized carbons (Fsp3) is 0.185. The number of benzene rings is 3. The van der Waals surface area contributed by atoms with Gasteiger partial charge in [-0.3, -0.25) is 9.78 Å². The fourth-order valence-corrected chi connectivity index (χ4v) is 4.23. The van der Waals surface area contributed by atoms with E-state index in [4.69, 9.17) is 4.74 Å². The van der Waals surface area contributed by atoms with Gasteiger partial charge in [0.15, 0.2) is 0 Å². The van der Waals surface area contributed by atoms with Gasteiger partial charge in [0.2, 0.25) is 0 Å². The molecule has 0 saturated heterocycles. The van der Waals surface area contributed by atoms with Gasteiger partial charge < -0.3 is 10.1 Å². The normalized spacial score (nSPS) is 14.2. The van der Waals surface area contributed by atoms with Crippen molar-refractivity contribution in [3.8, 4) is 16.9 Å². The van der Waals surface area contributed by atoms with Crippen molar-refractivity contribution in [1.82, 2.24) is 10.3 Å². The predicted octanol–water partition coefficient (Wildman–Crippen LogP) is 5.78. The fourth-order valence-electron chi connectivity index (χ4n) is 4.23. The van der Waals surface area contributed by atoms with Crippen LogP contribution in [0.5, 0.6) is 5.75 Å². The maximum absolute atomic E-state index is 13.5. The second-order valence-corrected chi connectivity index (χ2v) is 8.32. The van der Waals surface area contributed by atoms with Crippen LogP contribution in [0.4, 0.5) is 4.39 Å². The van der Waals surface area contributed by atoms with Crippen molar-refractivity contribution in [2.24, 2.45) is 0 Å². The Morgan fingerprint density at radius 3 is 2.53 bits per heavy atom. The highest BCUT2D eigenvalue weighted by Gasteiger charge is 2.47. The Hall–Kier alpha value is -3.73. The lowest BCUT2D eigenvalue weighted by atomic mass is 9.93. The van der Waals surface area contributed by atoms with E-state index in [0.29, 0.717) is 11.3 Å². The van der Waals surface area contributed by atoms with Gasteiger partial charge in [-0.25, -0.2) is 4.39 Å². The molecule has 5 rings (SSSR count). The molecule has 1 aromatic heterocycles. The number of nitrogens with one attached hydrogen (secondary N) is 1. The Morgan fingerprint density at radius 1 is 1.03 bits per heavy atom. The van der Waals surface area contributed by atoms with Crippen LogP contribution < -0.4 is 10.1 Å². The standard InChI is InChI=1S/C27H23FN2O2/c1-17-5-10-21(32-2)16-23(17)26(31)30-27(11-12-27)24-14-19(18-6-8-20(28)9-7-18)15-25-22(24)4-3-13-29-25/h3-10,13-16H,11-12H2,1-2H3,(H,30,31). The van der Waals surface area contributed by atoms with Crippen LogP contribution in [0, 0.1) is 12.7 Å². The van der Waals surface area contributed by atoms with Gasteiger partial charge >= 0.3 is 0 Å². The van der Waals surface area contributed by atoms with E-state index in [1.165, 1.54) is 12.1 Å². The molecule has 3 aromatic carbocycles. The number of carbonyl (C=O) groups is 1. The predicted molar refractivity (Wildman–Crippen MR) is 123 cm³/mol. The summed E-state index contributed by atoms with van der Waals surface area (Å²) >= 11 is 0. The van der Waals surface area contributed by atoms with Crippen molar-refractivity contribution >= 4 is 16.8 Å². The summed E-state index contributed by atoms with van der Waals surface area (Å²) in [5.41, 5.74) is 4.79. The molecule has 0 bridgehead atoms. The molecule has 0 spiro atoms. The van der Waals surface area contributed by atoms with E-state index in [2.05, 4.69) is 16.4 Å². The number of amides is 1. The number of nitrogens with zero attached hydrogens (tertiary/aromatic N) is 1. The largest absolute Gasteiger partial charge is 0.497 e. The zero-order valence-electron chi connectivity index (χ0n) is 18.0. The lowest BCUT2D eigenvalue weighted by Crippen LogP contribution is -2.35. The summed E-state index contributed by atoms with van der Waals surface area (Å²) in [4.78, 5) is 17.8. The summed E-state index contributed by atoms with van der Waals surface area (Å²) in [7, 11) is 1.59. The van der Waals surface area contributed by atoms with Crippen molar-refractivity contribution in [1.29, 1.82) is 0 Å². The Labute approximate surface area is 186 Å². The number of pyridine rings is 1. The van der Waals surface area contributed by atoms with Gasteiger partial charge in [0.1, 0.15) is 11.6 Å². The molecule has 0 unspecified atom stereocenters. The van der Waals surface area contributed by atoms with E-state index in [-0.39, 0.29) is 11.7 Å². The average molecular weight is 426 g/mol. The van der Waals surface area contributed by atoms with Crippen molar-refractivity contribution in [3.05, 3.63) is 95.4 Å². The molecule has 1 fully saturated rings. The highest BCUT2D eigenvalue weighted by atomic mass is 19.1. The number of hydrogen-bond acceptors (Lipinski definition) is 3. The van der Waals surface area contributed by atoms with Crippen molar-refractivity contribution < 1.29 is 13.9 Å². The van der Waals surface area contributed by atoms with Crippen molar-refractivity contribution in [3.63, 3.8) is 0 Å². The van der Waals surface area contributed by atoms with Crippen LogP contribution in [0.3, 0.4) is 0 Å². The molecule has 4 nitrogen and oxygen atoms in total. The summed E-state index contributed by atoms with van der Waals surface area (Å²) in [6.45, 7) is 1.92. The quantitative estimate of drug-likeness (QED) is 0.440. The summed E-state index contributed by atoms with van der Waals surface area (Å²) in [6, 6.07) is 20.0. The third-order valence-corrected chi connectivity index (χ3v) is 6.21. The number of fused-ring (bicyclic) bond motifs is 1. The Balaban J connectivity index is 1.58. The lowest BCUT2D eigenvalue weighted by molar-refractivity contribution is 0.0930. The number of halogens is 1. The van der Waals surface area contributed by atoms with E-state index in [0.717, 1.165) is 46.0 Å². The molecule has 0 radical (unpaired) electrons. The summed E-state index contributed by atoms with van der Waals surface area (Å²) in [5, 5.41) is 4.30. The molecular weight excluding hydrogens is 403 g/mol. The van der Waals surface area contributed by atoms with Crippen LogP contribution in [0.1, 0.15) is 34.3 Å². The van der Waals surface area contributed by atoms with Crippen LogP contribution in [-0.2, 0) is 5.54 Å². The topological polar surface area (TPSA) is 51.2 Å². The summed E-state index contributed by atoms with van der Waals surface area (Å²) in [5.74, 6) is 0.258. The summed E-state index contributed by atoms with van der Waals surface area (Å²) in [6.07, 6.45) is 3.45. The Morgan fingerprint density at radius 2 is 1.81 bits per heavy atom. The highest BCUT2D eigenvalue weighted by Crippen LogP contribution is 2.49. The second-order valence-electron chi connectivity index (χ2n) is 8.32. The first kappa shape index (κ1) is 20.2. The first-order chi connectivity index (χ1) is 15.5. The van der Waals surface area contributed by atoms with Gasteiger partial charge in [-0.2, -0.15) is 0 Å². The van der Waals surface area contributed by atoms with E-state index < -0.39 is 5.54 Å². The molecule has 1 amide bonds. The third kappa shape index (κ3) is 3.60. The zero-order valence-corrected chi connectivity index (χ0v) is 18.0. The lowest BCUT2D eigenvalue weighted by Gasteiger charge is -2.22. The maximum Gasteiger partial charge on any atom is 0.252 e. The molecule has 1 saturated carbocycles. The Kier molecular flexibility index (Phi) is 4.89. The molecular formula is C27H23FN2O2. The monoisotopic (exact) mass is 426 g/mol. The molecule has 4 aromatic rings. The first-order valence-corrected chi connectivity index (χ1v) is 10.6. The maximum atomic E-state index is 13.5. The SMILES string of the molecule is COc1ccc(C)c(C(=O)NC2(c3cc(-c4ccc(F)cc4)cc4ncccc34)CC2)c1. The Bertz CT molecular complexity index is 1330. The van der Waals surface area contributed by atoms with Crippen LogP contribution in [0.2, 0.25) is 0 Å². The number of carbonyl (C=O) groups excluding carboxylic acids is 1. The number of aromatic nitrogens is 1. The smallest absolute Gasteiger partial charge is 0.252 e. The minimum absolute atomic E-state index is 0.122. The van der Waals surface area contributed by atoms with Crippen LogP contribution in [-0.4, -0.2) is 18.0 Å². The molecule has 1 heterocycles. The van der Waals surface area contributed by atoms with Gasteiger partial charge in [0.05, 0.1) is 18.2 Å². The molecule has 1 aliphatic carbocycles. The minimum atomic E-state index is -0.454. The third-order valence-electron chi connectivity index (χ3n) is 6.21. The minimum Gasteiger partial charge on any atom is -0.497 e. The van der Waals surface area contributed by atoms with E-state index in [1.54, 1.807) is 31.5 Å². The zero-order chi connectivity index (χ0) is 22.3. The van der Waals surface area contributed by atoms with E-state index >= 15 is 0 Å². The van der Waals surface area contributed by atoms with Gasteiger partial charge in [0.25, 0.3) is 5.91 Å². The molecule has 0 atom stereocenters. The van der Waals surface area contributed by atoms with Crippen LogP contribution in [0.15, 0.2) is 72.9 Å². The van der Waals surface area contributed by atoms with Gasteiger partial charge in [-0.05, 0) is 84.5 Å². The number of hydrogen-bond donors (Lipinski definition) is 1. The molecule has 5 heteroatoms. The van der Waals surface area contributed by atoms with Crippen molar-refractivity contribution in [2.45, 2.75) is 25.3 Å². The van der Waals surface area contributed by atoms with Gasteiger partial charge in [-0.1, -0.05) is 24.3 Å². The molecule has 1 aliphatic rings.